The molecule has 134 valence electrons. The SMILES string of the molecule is Cc1nnc(NC(=O)C(C)Sc2ccc(NC(=O)c3ccco3)cc2)s1. The van der Waals surface area contributed by atoms with Crippen LogP contribution in [0.4, 0.5) is 10.8 Å². The molecule has 1 atom stereocenters. The van der Waals surface area contributed by atoms with E-state index in [2.05, 4.69) is 20.8 Å². The number of nitrogens with one attached hydrogen (secondary N) is 2. The summed E-state index contributed by atoms with van der Waals surface area (Å²) in [5.74, 6) is -0.197. The Balaban J connectivity index is 1.54. The van der Waals surface area contributed by atoms with Crippen molar-refractivity contribution >= 4 is 45.7 Å². The Hall–Kier alpha value is -2.65. The number of hydrogen-bond acceptors (Lipinski definition) is 7. The normalized spacial score (nSPS) is 11.8. The van der Waals surface area contributed by atoms with Crippen molar-refractivity contribution < 1.29 is 14.0 Å². The number of rotatable bonds is 6. The monoisotopic (exact) mass is 388 g/mol. The molecule has 0 spiro atoms. The van der Waals surface area contributed by atoms with Gasteiger partial charge in [-0.3, -0.25) is 14.9 Å². The lowest BCUT2D eigenvalue weighted by Gasteiger charge is -2.11. The van der Waals surface area contributed by atoms with Crippen LogP contribution in [-0.4, -0.2) is 27.3 Å². The van der Waals surface area contributed by atoms with E-state index in [1.807, 2.05) is 26.0 Å². The summed E-state index contributed by atoms with van der Waals surface area (Å²) >= 11 is 2.75. The van der Waals surface area contributed by atoms with Gasteiger partial charge < -0.3 is 9.73 Å². The number of carbonyl (C=O) groups is 2. The molecule has 0 aliphatic carbocycles. The topological polar surface area (TPSA) is 97.1 Å². The van der Waals surface area contributed by atoms with Gasteiger partial charge in [-0.1, -0.05) is 11.3 Å². The van der Waals surface area contributed by atoms with Crippen molar-refractivity contribution in [3.63, 3.8) is 0 Å². The van der Waals surface area contributed by atoms with Gasteiger partial charge in [0.2, 0.25) is 11.0 Å². The van der Waals surface area contributed by atoms with Gasteiger partial charge >= 0.3 is 0 Å². The molecule has 7 nitrogen and oxygen atoms in total. The molecule has 0 saturated heterocycles. The van der Waals surface area contributed by atoms with Gasteiger partial charge in [-0.15, -0.1) is 22.0 Å². The molecule has 26 heavy (non-hydrogen) atoms. The van der Waals surface area contributed by atoms with Crippen LogP contribution in [0.15, 0.2) is 52.0 Å². The van der Waals surface area contributed by atoms with E-state index in [-0.39, 0.29) is 22.8 Å². The lowest BCUT2D eigenvalue weighted by Crippen LogP contribution is -2.22. The van der Waals surface area contributed by atoms with Crippen molar-refractivity contribution in [2.75, 3.05) is 10.6 Å². The predicted molar refractivity (Wildman–Crippen MR) is 102 cm³/mol. The van der Waals surface area contributed by atoms with E-state index in [0.29, 0.717) is 10.8 Å². The highest BCUT2D eigenvalue weighted by molar-refractivity contribution is 8.00. The predicted octanol–water partition coefficient (Wildman–Crippen LogP) is 3.81. The van der Waals surface area contributed by atoms with E-state index in [4.69, 9.17) is 4.42 Å². The van der Waals surface area contributed by atoms with Crippen LogP contribution >= 0.6 is 23.1 Å². The van der Waals surface area contributed by atoms with Crippen LogP contribution in [0.1, 0.15) is 22.5 Å². The fourth-order valence-electron chi connectivity index (χ4n) is 2.03. The Bertz CT molecular complexity index is 891. The van der Waals surface area contributed by atoms with Crippen molar-refractivity contribution in [1.29, 1.82) is 0 Å². The number of carbonyl (C=O) groups excluding carboxylic acids is 2. The van der Waals surface area contributed by atoms with Crippen molar-refractivity contribution in [2.45, 2.75) is 24.0 Å². The number of nitrogens with zero attached hydrogens (tertiary/aromatic N) is 2. The van der Waals surface area contributed by atoms with Gasteiger partial charge in [-0.05, 0) is 50.2 Å². The molecule has 0 aliphatic heterocycles. The maximum Gasteiger partial charge on any atom is 0.291 e. The first-order valence-electron chi connectivity index (χ1n) is 7.74. The summed E-state index contributed by atoms with van der Waals surface area (Å²) < 4.78 is 5.05. The number of furan rings is 1. The summed E-state index contributed by atoms with van der Waals surface area (Å²) in [7, 11) is 0. The van der Waals surface area contributed by atoms with E-state index in [1.165, 1.54) is 29.4 Å². The highest BCUT2D eigenvalue weighted by Crippen LogP contribution is 2.26. The second-order valence-corrected chi connectivity index (χ2v) is 7.93. The molecule has 9 heteroatoms. The lowest BCUT2D eigenvalue weighted by atomic mass is 10.3. The number of hydrogen-bond donors (Lipinski definition) is 2. The number of aromatic nitrogens is 2. The number of amides is 2. The minimum atomic E-state index is -0.310. The number of benzene rings is 1. The van der Waals surface area contributed by atoms with Gasteiger partial charge in [0.25, 0.3) is 5.91 Å². The van der Waals surface area contributed by atoms with Gasteiger partial charge in [0.15, 0.2) is 5.76 Å². The van der Waals surface area contributed by atoms with Gasteiger partial charge in [0, 0.05) is 10.6 Å². The van der Waals surface area contributed by atoms with Crippen molar-refractivity contribution in [3.05, 3.63) is 53.4 Å². The summed E-state index contributed by atoms with van der Waals surface area (Å²) in [5, 5.41) is 14.2. The van der Waals surface area contributed by atoms with Crippen LogP contribution in [0, 0.1) is 6.92 Å². The first-order chi connectivity index (χ1) is 12.5. The molecule has 2 aromatic heterocycles. The zero-order valence-electron chi connectivity index (χ0n) is 14.1. The molecule has 2 N–H and O–H groups in total. The molecule has 3 aromatic rings. The van der Waals surface area contributed by atoms with Gasteiger partial charge in [-0.2, -0.15) is 0 Å². The van der Waals surface area contributed by atoms with Crippen molar-refractivity contribution in [2.24, 2.45) is 0 Å². The summed E-state index contributed by atoms with van der Waals surface area (Å²) in [4.78, 5) is 25.1. The Morgan fingerprint density at radius 2 is 1.92 bits per heavy atom. The minimum Gasteiger partial charge on any atom is -0.459 e. The van der Waals surface area contributed by atoms with Crippen molar-refractivity contribution in [3.8, 4) is 0 Å². The third-order valence-electron chi connectivity index (χ3n) is 3.30. The Morgan fingerprint density at radius 3 is 2.54 bits per heavy atom. The van der Waals surface area contributed by atoms with Crippen LogP contribution < -0.4 is 10.6 Å². The first-order valence-corrected chi connectivity index (χ1v) is 9.43. The van der Waals surface area contributed by atoms with E-state index >= 15 is 0 Å². The molecular formula is C17H16N4O3S2. The van der Waals surface area contributed by atoms with Crippen LogP contribution in [0.2, 0.25) is 0 Å². The molecular weight excluding hydrogens is 372 g/mol. The second kappa shape index (κ2) is 8.15. The Kier molecular flexibility index (Phi) is 5.69. The molecule has 1 unspecified atom stereocenters. The summed E-state index contributed by atoms with van der Waals surface area (Å²) in [6, 6.07) is 10.5. The molecule has 2 heterocycles. The molecule has 0 saturated carbocycles. The number of thioether (sulfide) groups is 1. The lowest BCUT2D eigenvalue weighted by molar-refractivity contribution is -0.115. The second-order valence-electron chi connectivity index (χ2n) is 5.33. The van der Waals surface area contributed by atoms with Crippen LogP contribution in [0.3, 0.4) is 0 Å². The fourth-order valence-corrected chi connectivity index (χ4v) is 3.49. The summed E-state index contributed by atoms with van der Waals surface area (Å²) in [6.07, 6.45) is 1.45. The summed E-state index contributed by atoms with van der Waals surface area (Å²) in [5.41, 5.74) is 0.650. The molecule has 0 fully saturated rings. The van der Waals surface area contributed by atoms with E-state index in [9.17, 15) is 9.59 Å². The highest BCUT2D eigenvalue weighted by atomic mass is 32.2. The van der Waals surface area contributed by atoms with Gasteiger partial charge in [0.1, 0.15) is 5.01 Å². The molecule has 1 aromatic carbocycles. The standard InChI is InChI=1S/C17H16N4O3S2/c1-10(15(22)19-17-21-20-11(2)26-17)25-13-7-5-12(6-8-13)18-16(23)14-4-3-9-24-14/h3-10H,1-2H3,(H,18,23)(H,19,21,22). The van der Waals surface area contributed by atoms with E-state index < -0.39 is 0 Å². The molecule has 3 rings (SSSR count). The minimum absolute atomic E-state index is 0.138. The molecule has 0 radical (unpaired) electrons. The zero-order chi connectivity index (χ0) is 18.5. The molecule has 0 aliphatic rings. The zero-order valence-corrected chi connectivity index (χ0v) is 15.7. The quantitative estimate of drug-likeness (QED) is 0.623. The third kappa shape index (κ3) is 4.70. The highest BCUT2D eigenvalue weighted by Gasteiger charge is 2.16. The Morgan fingerprint density at radius 1 is 1.15 bits per heavy atom. The smallest absolute Gasteiger partial charge is 0.291 e. The average molecular weight is 388 g/mol. The van der Waals surface area contributed by atoms with Crippen LogP contribution in [-0.2, 0) is 4.79 Å². The largest absolute Gasteiger partial charge is 0.459 e. The van der Waals surface area contributed by atoms with Crippen molar-refractivity contribution in [1.82, 2.24) is 10.2 Å². The molecule has 2 amide bonds. The van der Waals surface area contributed by atoms with Crippen LogP contribution in [0.25, 0.3) is 0 Å². The number of anilines is 2. The average Bonchev–Trinajstić information content (AvgIpc) is 3.28. The summed E-state index contributed by atoms with van der Waals surface area (Å²) in [6.45, 7) is 3.65. The maximum atomic E-state index is 12.2. The third-order valence-corrected chi connectivity index (χ3v) is 5.16. The maximum absolute atomic E-state index is 12.2. The molecule has 0 bridgehead atoms. The first kappa shape index (κ1) is 18.2. The van der Waals surface area contributed by atoms with Gasteiger partial charge in [0.05, 0.1) is 11.5 Å². The van der Waals surface area contributed by atoms with E-state index in [1.54, 1.807) is 24.3 Å². The van der Waals surface area contributed by atoms with Gasteiger partial charge in [-0.25, -0.2) is 0 Å². The van der Waals surface area contributed by atoms with E-state index in [0.717, 1.165) is 9.90 Å². The fraction of sp³-hybridized carbons (Fsp3) is 0.176. The Labute approximate surface area is 158 Å². The van der Waals surface area contributed by atoms with Crippen LogP contribution in [0.5, 0.6) is 0 Å². The number of aryl methyl sites for hydroxylation is 1.